The summed E-state index contributed by atoms with van der Waals surface area (Å²) < 4.78 is 47.8. The van der Waals surface area contributed by atoms with Gasteiger partial charge in [0.05, 0.1) is 23.4 Å². The van der Waals surface area contributed by atoms with Gasteiger partial charge in [-0.3, -0.25) is 4.57 Å². The minimum absolute atomic E-state index is 0.0755. The van der Waals surface area contributed by atoms with E-state index in [4.69, 9.17) is 4.74 Å². The van der Waals surface area contributed by atoms with Crippen LogP contribution in [0.1, 0.15) is 42.4 Å². The van der Waals surface area contributed by atoms with E-state index < -0.39 is 23.3 Å². The number of halogens is 3. The molecule has 4 aromatic rings. The first-order valence-electron chi connectivity index (χ1n) is 11.4. The minimum atomic E-state index is -4.57. The Kier molecular flexibility index (Phi) is 6.73. The molecule has 1 aromatic heterocycles. The quantitative estimate of drug-likeness (QED) is 0.306. The van der Waals surface area contributed by atoms with Crippen molar-refractivity contribution in [2.75, 3.05) is 6.61 Å². The number of nitrogens with zero attached hydrogens (tertiary/aromatic N) is 2. The van der Waals surface area contributed by atoms with E-state index >= 15 is 0 Å². The summed E-state index contributed by atoms with van der Waals surface area (Å²) in [5.41, 5.74) is 0.743. The van der Waals surface area contributed by atoms with E-state index in [1.807, 2.05) is 12.1 Å². The molecule has 0 atom stereocenters. The maximum atomic E-state index is 13.8. The van der Waals surface area contributed by atoms with E-state index in [2.05, 4.69) is 4.98 Å². The van der Waals surface area contributed by atoms with Gasteiger partial charge in [0.2, 0.25) is 0 Å². The average molecular weight is 495 g/mol. The fraction of sp³-hybridized carbons (Fsp3) is 0.214. The van der Waals surface area contributed by atoms with Crippen LogP contribution >= 0.6 is 0 Å². The topological polar surface area (TPSA) is 64.3 Å². The van der Waals surface area contributed by atoms with E-state index in [1.54, 1.807) is 54.1 Å². The van der Waals surface area contributed by atoms with E-state index in [-0.39, 0.29) is 17.1 Å². The average Bonchev–Trinajstić information content (AvgIpc) is 3.30. The summed E-state index contributed by atoms with van der Waals surface area (Å²) in [5, 5.41) is 10.5. The van der Waals surface area contributed by atoms with Crippen molar-refractivity contribution >= 4 is 5.97 Å². The molecule has 36 heavy (non-hydrogen) atoms. The highest BCUT2D eigenvalue weighted by Gasteiger charge is 2.35. The second-order valence-corrected chi connectivity index (χ2v) is 8.77. The molecule has 1 N–H and O–H groups in total. The number of hydrogen-bond donors (Lipinski definition) is 1. The maximum Gasteiger partial charge on any atom is 0.417 e. The summed E-state index contributed by atoms with van der Waals surface area (Å²) in [7, 11) is 0. The summed E-state index contributed by atoms with van der Waals surface area (Å²) in [4.78, 5) is 16.3. The largest absolute Gasteiger partial charge is 0.462 e. The zero-order valence-electron chi connectivity index (χ0n) is 20.0. The van der Waals surface area contributed by atoms with Crippen LogP contribution in [0, 0.1) is 0 Å². The van der Waals surface area contributed by atoms with Crippen LogP contribution in [0.15, 0.2) is 79.0 Å². The van der Waals surface area contributed by atoms with Crippen molar-refractivity contribution in [2.24, 2.45) is 0 Å². The number of alkyl halides is 3. The predicted molar refractivity (Wildman–Crippen MR) is 131 cm³/mol. The van der Waals surface area contributed by atoms with Crippen molar-refractivity contribution in [1.29, 1.82) is 0 Å². The fourth-order valence-corrected chi connectivity index (χ4v) is 3.81. The van der Waals surface area contributed by atoms with Crippen LogP contribution in [0.5, 0.6) is 0 Å². The predicted octanol–water partition coefficient (Wildman–Crippen LogP) is 6.63. The SMILES string of the molecule is CCOC(=O)c1ccc(-c2ccc(-n3cc(C(C)(C)O)nc3-c3ccccc3C(F)(F)F)cc2)cc1. The molecule has 0 bridgehead atoms. The van der Waals surface area contributed by atoms with E-state index in [0.29, 0.717) is 17.9 Å². The summed E-state index contributed by atoms with van der Waals surface area (Å²) in [5.74, 6) is -0.319. The molecule has 186 valence electrons. The van der Waals surface area contributed by atoms with Crippen molar-refractivity contribution in [3.8, 4) is 28.2 Å². The normalized spacial score (nSPS) is 12.0. The molecule has 3 aromatic carbocycles. The number of hydrogen-bond acceptors (Lipinski definition) is 4. The van der Waals surface area contributed by atoms with Crippen LogP contribution in [0.2, 0.25) is 0 Å². The number of esters is 1. The molecule has 0 spiro atoms. The monoisotopic (exact) mass is 494 g/mol. The number of carbonyl (C=O) groups excluding carboxylic acids is 1. The molecule has 0 amide bonds. The Balaban J connectivity index is 1.75. The lowest BCUT2D eigenvalue weighted by Gasteiger charge is -2.14. The van der Waals surface area contributed by atoms with Crippen LogP contribution < -0.4 is 0 Å². The Morgan fingerprint density at radius 1 is 0.944 bits per heavy atom. The highest BCUT2D eigenvalue weighted by Crippen LogP contribution is 2.38. The molecule has 0 aliphatic rings. The van der Waals surface area contributed by atoms with Gasteiger partial charge in [0.1, 0.15) is 11.4 Å². The third kappa shape index (κ3) is 5.18. The second kappa shape index (κ2) is 9.62. The van der Waals surface area contributed by atoms with Gasteiger partial charge < -0.3 is 9.84 Å². The summed E-state index contributed by atoms with van der Waals surface area (Å²) in [6.45, 7) is 5.09. The van der Waals surface area contributed by atoms with Crippen molar-refractivity contribution in [1.82, 2.24) is 9.55 Å². The highest BCUT2D eigenvalue weighted by molar-refractivity contribution is 5.90. The van der Waals surface area contributed by atoms with Gasteiger partial charge in [0.25, 0.3) is 0 Å². The molecular weight excluding hydrogens is 469 g/mol. The van der Waals surface area contributed by atoms with Gasteiger partial charge in [0.15, 0.2) is 0 Å². The number of rotatable bonds is 6. The Morgan fingerprint density at radius 3 is 2.08 bits per heavy atom. The van der Waals surface area contributed by atoms with Crippen molar-refractivity contribution in [3.63, 3.8) is 0 Å². The Labute approximate surface area is 206 Å². The summed E-state index contributed by atoms with van der Waals surface area (Å²) in [6, 6.07) is 19.4. The number of aromatic nitrogens is 2. The van der Waals surface area contributed by atoms with Crippen LogP contribution in [0.4, 0.5) is 13.2 Å². The van der Waals surface area contributed by atoms with E-state index in [0.717, 1.165) is 17.2 Å². The van der Waals surface area contributed by atoms with Crippen LogP contribution in [-0.2, 0) is 16.5 Å². The van der Waals surface area contributed by atoms with E-state index in [9.17, 15) is 23.1 Å². The van der Waals surface area contributed by atoms with Gasteiger partial charge in [-0.2, -0.15) is 13.2 Å². The second-order valence-electron chi connectivity index (χ2n) is 8.77. The van der Waals surface area contributed by atoms with Crippen LogP contribution in [0.25, 0.3) is 28.2 Å². The van der Waals surface area contributed by atoms with Gasteiger partial charge in [-0.1, -0.05) is 42.5 Å². The number of ether oxygens (including phenoxy) is 1. The Morgan fingerprint density at radius 2 is 1.53 bits per heavy atom. The van der Waals surface area contributed by atoms with Gasteiger partial charge in [-0.15, -0.1) is 0 Å². The van der Waals surface area contributed by atoms with Gasteiger partial charge in [-0.25, -0.2) is 9.78 Å². The maximum absolute atomic E-state index is 13.8. The van der Waals surface area contributed by atoms with Gasteiger partial charge >= 0.3 is 12.1 Å². The first-order valence-corrected chi connectivity index (χ1v) is 11.4. The first kappa shape index (κ1) is 25.2. The van der Waals surface area contributed by atoms with Crippen molar-refractivity contribution in [3.05, 3.63) is 95.8 Å². The number of benzene rings is 3. The van der Waals surface area contributed by atoms with Crippen molar-refractivity contribution < 1.29 is 27.8 Å². The molecule has 0 unspecified atom stereocenters. The summed E-state index contributed by atoms with van der Waals surface area (Å²) in [6.07, 6.45) is -3.02. The molecule has 0 aliphatic heterocycles. The first-order chi connectivity index (χ1) is 17.0. The number of carbonyl (C=O) groups is 1. The smallest absolute Gasteiger partial charge is 0.417 e. The van der Waals surface area contributed by atoms with Crippen LogP contribution in [-0.4, -0.2) is 27.2 Å². The molecular formula is C28H25F3N2O3. The zero-order valence-corrected chi connectivity index (χ0v) is 20.0. The minimum Gasteiger partial charge on any atom is -0.462 e. The standard InChI is InChI=1S/C28H25F3N2O3/c1-4-36-26(34)20-11-9-18(10-12-20)19-13-15-21(16-14-19)33-17-24(27(2,3)35)32-25(33)22-7-5-6-8-23(22)28(29,30)31/h5-17,35H,4H2,1-3H3. The third-order valence-electron chi connectivity index (χ3n) is 5.68. The van der Waals surface area contributed by atoms with Gasteiger partial charge in [-0.05, 0) is 62.2 Å². The molecule has 0 aliphatic carbocycles. The molecule has 0 saturated carbocycles. The van der Waals surface area contributed by atoms with Crippen LogP contribution in [0.3, 0.4) is 0 Å². The number of imidazole rings is 1. The lowest BCUT2D eigenvalue weighted by molar-refractivity contribution is -0.137. The van der Waals surface area contributed by atoms with Gasteiger partial charge in [0, 0.05) is 17.4 Å². The van der Waals surface area contributed by atoms with E-state index in [1.165, 1.54) is 32.0 Å². The zero-order chi connectivity index (χ0) is 26.1. The fourth-order valence-electron chi connectivity index (χ4n) is 3.81. The molecule has 8 heteroatoms. The highest BCUT2D eigenvalue weighted by atomic mass is 19.4. The molecule has 1 heterocycles. The summed E-state index contributed by atoms with van der Waals surface area (Å²) >= 11 is 0. The lowest BCUT2D eigenvalue weighted by Crippen LogP contribution is -2.15. The third-order valence-corrected chi connectivity index (χ3v) is 5.68. The molecule has 0 fully saturated rings. The molecule has 5 nitrogen and oxygen atoms in total. The molecule has 4 rings (SSSR count). The molecule has 0 radical (unpaired) electrons. The van der Waals surface area contributed by atoms with Crippen molar-refractivity contribution in [2.45, 2.75) is 32.5 Å². The number of aliphatic hydroxyl groups is 1. The lowest BCUT2D eigenvalue weighted by atomic mass is 10.0. The Hall–Kier alpha value is -3.91. The molecule has 0 saturated heterocycles. The Bertz CT molecular complexity index is 1370.